The first-order valence-corrected chi connectivity index (χ1v) is 8.60. The highest BCUT2D eigenvalue weighted by atomic mass is 16.2. The number of pyridine rings is 1. The molecule has 3 rings (SSSR count). The molecule has 2 aromatic heterocycles. The van der Waals surface area contributed by atoms with Gasteiger partial charge >= 0.3 is 11.8 Å². The van der Waals surface area contributed by atoms with Crippen LogP contribution in [0.5, 0.6) is 0 Å². The molecule has 0 bridgehead atoms. The monoisotopic (exact) mass is 363 g/mol. The van der Waals surface area contributed by atoms with Gasteiger partial charge in [0.05, 0.1) is 23.6 Å². The highest BCUT2D eigenvalue weighted by molar-refractivity contribution is 6.39. The Morgan fingerprint density at radius 2 is 1.67 bits per heavy atom. The van der Waals surface area contributed by atoms with Crippen LogP contribution in [0.25, 0.3) is 0 Å². The quantitative estimate of drug-likeness (QED) is 0.680. The molecule has 27 heavy (non-hydrogen) atoms. The van der Waals surface area contributed by atoms with E-state index in [0.29, 0.717) is 17.9 Å². The molecule has 0 atom stereocenters. The third kappa shape index (κ3) is 4.58. The van der Waals surface area contributed by atoms with Gasteiger partial charge < -0.3 is 10.6 Å². The van der Waals surface area contributed by atoms with E-state index < -0.39 is 11.8 Å². The minimum atomic E-state index is -0.713. The molecular formula is C20H21N5O2. The van der Waals surface area contributed by atoms with Crippen molar-refractivity contribution in [3.63, 3.8) is 0 Å². The molecule has 0 radical (unpaired) electrons. The number of nitrogens with one attached hydrogen (secondary N) is 2. The van der Waals surface area contributed by atoms with E-state index in [0.717, 1.165) is 16.8 Å². The largest absolute Gasteiger partial charge is 0.344 e. The number of carbonyl (C=O) groups excluding carboxylic acids is 2. The first kappa shape index (κ1) is 18.3. The maximum atomic E-state index is 12.2. The van der Waals surface area contributed by atoms with E-state index in [9.17, 15) is 9.59 Å². The second kappa shape index (κ2) is 8.27. The Morgan fingerprint density at radius 3 is 2.37 bits per heavy atom. The van der Waals surface area contributed by atoms with Crippen molar-refractivity contribution in [3.8, 4) is 0 Å². The summed E-state index contributed by atoms with van der Waals surface area (Å²) in [4.78, 5) is 28.2. The average molecular weight is 363 g/mol. The molecule has 138 valence electrons. The second-order valence-electron chi connectivity index (χ2n) is 6.18. The number of aromatic nitrogens is 3. The highest BCUT2D eigenvalue weighted by Crippen LogP contribution is 2.20. The van der Waals surface area contributed by atoms with Crippen LogP contribution in [0.4, 0.5) is 5.69 Å². The topological polar surface area (TPSA) is 88.9 Å². The molecule has 7 nitrogen and oxygen atoms in total. The van der Waals surface area contributed by atoms with E-state index in [4.69, 9.17) is 0 Å². The third-order valence-corrected chi connectivity index (χ3v) is 4.20. The molecule has 7 heteroatoms. The summed E-state index contributed by atoms with van der Waals surface area (Å²) in [7, 11) is 0. The van der Waals surface area contributed by atoms with E-state index in [-0.39, 0.29) is 6.54 Å². The molecule has 1 aromatic carbocycles. The van der Waals surface area contributed by atoms with Crippen LogP contribution < -0.4 is 10.6 Å². The normalized spacial score (nSPS) is 10.4. The van der Waals surface area contributed by atoms with Crippen molar-refractivity contribution in [2.45, 2.75) is 26.9 Å². The number of hydrogen-bond donors (Lipinski definition) is 2. The van der Waals surface area contributed by atoms with E-state index in [1.165, 1.54) is 0 Å². The lowest BCUT2D eigenvalue weighted by molar-refractivity contribution is -0.136. The minimum absolute atomic E-state index is 0.264. The molecule has 0 spiro atoms. The molecule has 2 N–H and O–H groups in total. The Morgan fingerprint density at radius 1 is 0.963 bits per heavy atom. The molecule has 0 saturated heterocycles. The lowest BCUT2D eigenvalue weighted by atomic mass is 10.2. The van der Waals surface area contributed by atoms with Crippen LogP contribution in [0.1, 0.15) is 22.5 Å². The number of rotatable bonds is 5. The zero-order valence-corrected chi connectivity index (χ0v) is 15.3. The SMILES string of the molecule is Cc1nn(Cc2ccccc2)c(C)c1NC(=O)C(=O)NCc1ccncc1. The van der Waals surface area contributed by atoms with Crippen molar-refractivity contribution in [2.75, 3.05) is 5.32 Å². The van der Waals surface area contributed by atoms with Crippen molar-refractivity contribution in [1.29, 1.82) is 0 Å². The smallest absolute Gasteiger partial charge is 0.313 e. The Labute approximate surface area is 157 Å². The van der Waals surface area contributed by atoms with Crippen molar-refractivity contribution in [2.24, 2.45) is 0 Å². The lowest BCUT2D eigenvalue weighted by Crippen LogP contribution is -2.35. The lowest BCUT2D eigenvalue weighted by Gasteiger charge is -2.08. The average Bonchev–Trinajstić information content (AvgIpc) is 2.95. The highest BCUT2D eigenvalue weighted by Gasteiger charge is 2.19. The summed E-state index contributed by atoms with van der Waals surface area (Å²) in [6.07, 6.45) is 3.27. The van der Waals surface area contributed by atoms with Gasteiger partial charge in [-0.05, 0) is 37.1 Å². The van der Waals surface area contributed by atoms with Crippen molar-refractivity contribution in [3.05, 3.63) is 77.4 Å². The summed E-state index contributed by atoms with van der Waals surface area (Å²) in [5, 5.41) is 9.75. The predicted molar refractivity (Wildman–Crippen MR) is 102 cm³/mol. The van der Waals surface area contributed by atoms with Gasteiger partial charge in [-0.3, -0.25) is 19.3 Å². The molecule has 0 unspecified atom stereocenters. The predicted octanol–water partition coefficient (Wildman–Crippen LogP) is 2.20. The van der Waals surface area contributed by atoms with E-state index in [1.807, 2.05) is 41.9 Å². The third-order valence-electron chi connectivity index (χ3n) is 4.20. The van der Waals surface area contributed by atoms with Gasteiger partial charge in [0.1, 0.15) is 0 Å². The fourth-order valence-corrected chi connectivity index (χ4v) is 2.72. The Bertz CT molecular complexity index is 936. The van der Waals surface area contributed by atoms with Crippen LogP contribution in [-0.4, -0.2) is 26.6 Å². The van der Waals surface area contributed by atoms with E-state index >= 15 is 0 Å². The van der Waals surface area contributed by atoms with Gasteiger partial charge in [-0.15, -0.1) is 0 Å². The standard InChI is InChI=1S/C20H21N5O2/c1-14-18(15(2)25(24-14)13-17-6-4-3-5-7-17)23-20(27)19(26)22-12-16-8-10-21-11-9-16/h3-11H,12-13H2,1-2H3,(H,22,26)(H,23,27). The van der Waals surface area contributed by atoms with Crippen molar-refractivity contribution in [1.82, 2.24) is 20.1 Å². The molecule has 0 aliphatic carbocycles. The molecule has 0 aliphatic heterocycles. The van der Waals surface area contributed by atoms with Gasteiger partial charge in [0.2, 0.25) is 0 Å². The molecule has 3 aromatic rings. The molecule has 0 aliphatic rings. The van der Waals surface area contributed by atoms with Crippen LogP contribution in [0, 0.1) is 13.8 Å². The number of anilines is 1. The Hall–Kier alpha value is -3.48. The van der Waals surface area contributed by atoms with Crippen molar-refractivity contribution >= 4 is 17.5 Å². The number of hydrogen-bond acceptors (Lipinski definition) is 4. The van der Waals surface area contributed by atoms with E-state index in [2.05, 4.69) is 20.7 Å². The zero-order valence-electron chi connectivity index (χ0n) is 15.3. The van der Waals surface area contributed by atoms with Gasteiger partial charge in [0.25, 0.3) is 0 Å². The van der Waals surface area contributed by atoms with Crippen LogP contribution in [0.15, 0.2) is 54.9 Å². The number of benzene rings is 1. The number of nitrogens with zero attached hydrogens (tertiary/aromatic N) is 3. The summed E-state index contributed by atoms with van der Waals surface area (Å²) in [6.45, 7) is 4.53. The van der Waals surface area contributed by atoms with Gasteiger partial charge in [-0.2, -0.15) is 5.10 Å². The molecule has 0 fully saturated rings. The van der Waals surface area contributed by atoms with Crippen LogP contribution in [0.3, 0.4) is 0 Å². The number of amides is 2. The van der Waals surface area contributed by atoms with Crippen LogP contribution in [0.2, 0.25) is 0 Å². The van der Waals surface area contributed by atoms with Gasteiger partial charge in [0.15, 0.2) is 0 Å². The first-order chi connectivity index (χ1) is 13.0. The zero-order chi connectivity index (χ0) is 19.2. The summed E-state index contributed by atoms with van der Waals surface area (Å²) < 4.78 is 1.81. The summed E-state index contributed by atoms with van der Waals surface area (Å²) >= 11 is 0. The van der Waals surface area contributed by atoms with Crippen LogP contribution >= 0.6 is 0 Å². The summed E-state index contributed by atoms with van der Waals surface area (Å²) in [5.74, 6) is -1.41. The minimum Gasteiger partial charge on any atom is -0.344 e. The van der Waals surface area contributed by atoms with Gasteiger partial charge in [-0.1, -0.05) is 30.3 Å². The number of aryl methyl sites for hydroxylation is 1. The van der Waals surface area contributed by atoms with Crippen LogP contribution in [-0.2, 0) is 22.7 Å². The van der Waals surface area contributed by atoms with E-state index in [1.54, 1.807) is 31.5 Å². The second-order valence-corrected chi connectivity index (χ2v) is 6.18. The van der Waals surface area contributed by atoms with Crippen molar-refractivity contribution < 1.29 is 9.59 Å². The Kier molecular flexibility index (Phi) is 5.61. The summed E-state index contributed by atoms with van der Waals surface area (Å²) in [6, 6.07) is 13.5. The maximum absolute atomic E-state index is 12.2. The van der Waals surface area contributed by atoms with Gasteiger partial charge in [-0.25, -0.2) is 0 Å². The van der Waals surface area contributed by atoms with Gasteiger partial charge in [0, 0.05) is 18.9 Å². The fourth-order valence-electron chi connectivity index (χ4n) is 2.72. The maximum Gasteiger partial charge on any atom is 0.313 e. The number of carbonyl (C=O) groups is 2. The molecular weight excluding hydrogens is 342 g/mol. The molecule has 2 amide bonds. The molecule has 2 heterocycles. The summed E-state index contributed by atoms with van der Waals surface area (Å²) in [5.41, 5.74) is 4.01. The molecule has 0 saturated carbocycles. The fraction of sp³-hybridized carbons (Fsp3) is 0.200. The first-order valence-electron chi connectivity index (χ1n) is 8.60. The Balaban J connectivity index is 1.64.